The van der Waals surface area contributed by atoms with E-state index < -0.39 is 11.5 Å². The van der Waals surface area contributed by atoms with E-state index in [1.165, 1.54) is 0 Å². The van der Waals surface area contributed by atoms with Crippen LogP contribution in [0.15, 0.2) is 0 Å². The van der Waals surface area contributed by atoms with Crippen LogP contribution in [-0.2, 0) is 19.0 Å². The highest BCUT2D eigenvalue weighted by molar-refractivity contribution is 5.81. The Morgan fingerprint density at radius 1 is 1.67 bits per heavy atom. The van der Waals surface area contributed by atoms with Crippen molar-refractivity contribution in [3.05, 3.63) is 0 Å². The van der Waals surface area contributed by atoms with Crippen LogP contribution in [0, 0.1) is 0 Å². The van der Waals surface area contributed by atoms with E-state index in [4.69, 9.17) is 19.9 Å². The first-order valence-electron chi connectivity index (χ1n) is 5.24. The van der Waals surface area contributed by atoms with Crippen molar-refractivity contribution in [1.82, 2.24) is 0 Å². The van der Waals surface area contributed by atoms with Gasteiger partial charge in [-0.25, -0.2) is 4.79 Å². The first-order valence-corrected chi connectivity index (χ1v) is 5.24. The molecule has 2 N–H and O–H groups in total. The molecule has 5 heteroatoms. The molecule has 15 heavy (non-hydrogen) atoms. The highest BCUT2D eigenvalue weighted by atomic mass is 16.6. The molecule has 1 heterocycles. The van der Waals surface area contributed by atoms with E-state index in [1.54, 1.807) is 6.92 Å². The molecule has 0 spiro atoms. The maximum Gasteiger partial charge on any atom is 0.328 e. The number of hydrogen-bond acceptors (Lipinski definition) is 5. The lowest BCUT2D eigenvalue weighted by molar-refractivity contribution is -0.157. The zero-order valence-electron chi connectivity index (χ0n) is 9.32. The van der Waals surface area contributed by atoms with E-state index in [9.17, 15) is 4.79 Å². The lowest BCUT2D eigenvalue weighted by atomic mass is 10.0. The van der Waals surface area contributed by atoms with Crippen LogP contribution in [0.1, 0.15) is 20.3 Å². The third-order valence-electron chi connectivity index (χ3n) is 2.32. The topological polar surface area (TPSA) is 70.8 Å². The Labute approximate surface area is 89.9 Å². The minimum absolute atomic E-state index is 0.243. The first kappa shape index (κ1) is 12.4. The summed E-state index contributed by atoms with van der Waals surface area (Å²) < 4.78 is 15.4. The molecule has 88 valence electrons. The molecule has 2 unspecified atom stereocenters. The normalized spacial score (nSPS) is 27.7. The summed E-state index contributed by atoms with van der Waals surface area (Å²) in [6.07, 6.45) is 0.256. The summed E-state index contributed by atoms with van der Waals surface area (Å²) in [4.78, 5) is 11.7. The van der Waals surface area contributed by atoms with Crippen molar-refractivity contribution in [1.29, 1.82) is 0 Å². The summed E-state index contributed by atoms with van der Waals surface area (Å²) in [5.74, 6) is -0.396. The van der Waals surface area contributed by atoms with Crippen LogP contribution in [-0.4, -0.2) is 44.0 Å². The van der Waals surface area contributed by atoms with Gasteiger partial charge < -0.3 is 19.9 Å². The van der Waals surface area contributed by atoms with Crippen LogP contribution >= 0.6 is 0 Å². The van der Waals surface area contributed by atoms with Crippen molar-refractivity contribution >= 4 is 5.97 Å². The van der Waals surface area contributed by atoms with Crippen molar-refractivity contribution in [3.8, 4) is 0 Å². The van der Waals surface area contributed by atoms with E-state index >= 15 is 0 Å². The summed E-state index contributed by atoms with van der Waals surface area (Å²) in [5.41, 5.74) is 4.88. The largest absolute Gasteiger partial charge is 0.459 e. The molecule has 2 atom stereocenters. The van der Waals surface area contributed by atoms with Crippen LogP contribution in [0.4, 0.5) is 0 Å². The molecule has 0 aliphatic carbocycles. The molecule has 1 aliphatic heterocycles. The average molecular weight is 217 g/mol. The third kappa shape index (κ3) is 3.44. The Kier molecular flexibility index (Phi) is 4.50. The molecule has 5 nitrogen and oxygen atoms in total. The molecule has 1 saturated heterocycles. The van der Waals surface area contributed by atoms with Crippen LogP contribution < -0.4 is 5.73 Å². The highest BCUT2D eigenvalue weighted by Crippen LogP contribution is 2.17. The summed E-state index contributed by atoms with van der Waals surface area (Å²) >= 11 is 0. The summed E-state index contributed by atoms with van der Waals surface area (Å²) in [6.45, 7) is 5.45. The van der Waals surface area contributed by atoms with Crippen LogP contribution in [0.5, 0.6) is 0 Å². The molecule has 0 aromatic rings. The van der Waals surface area contributed by atoms with Gasteiger partial charge in [0.25, 0.3) is 0 Å². The molecule has 0 aromatic heterocycles. The van der Waals surface area contributed by atoms with Gasteiger partial charge in [-0.3, -0.25) is 0 Å². The minimum Gasteiger partial charge on any atom is -0.459 e. The van der Waals surface area contributed by atoms with Crippen LogP contribution in [0.2, 0.25) is 0 Å². The zero-order valence-corrected chi connectivity index (χ0v) is 9.32. The second-order valence-electron chi connectivity index (χ2n) is 3.83. The Bertz CT molecular complexity index is 213. The molecule has 1 rings (SSSR count). The van der Waals surface area contributed by atoms with Crippen molar-refractivity contribution in [2.24, 2.45) is 5.73 Å². The number of nitrogens with two attached hydrogens (primary N) is 1. The number of carbonyl (C=O) groups excluding carboxylic acids is 1. The molecule has 0 aromatic carbocycles. The highest BCUT2D eigenvalue weighted by Gasteiger charge is 2.40. The third-order valence-corrected chi connectivity index (χ3v) is 2.32. The van der Waals surface area contributed by atoms with Gasteiger partial charge in [-0.05, 0) is 13.8 Å². The minimum atomic E-state index is -0.958. The van der Waals surface area contributed by atoms with Crippen molar-refractivity contribution in [2.75, 3.05) is 26.4 Å². The fourth-order valence-electron chi connectivity index (χ4n) is 1.36. The zero-order chi connectivity index (χ0) is 11.3. The Hall–Kier alpha value is -0.650. The molecule has 0 radical (unpaired) electrons. The molecule has 0 amide bonds. The number of carbonyl (C=O) groups is 1. The van der Waals surface area contributed by atoms with Crippen LogP contribution in [0.3, 0.4) is 0 Å². The van der Waals surface area contributed by atoms with E-state index in [0.717, 1.165) is 0 Å². The molecular formula is C10H19NO4. The number of rotatable bonds is 5. The van der Waals surface area contributed by atoms with Gasteiger partial charge in [0, 0.05) is 19.6 Å². The first-order chi connectivity index (χ1) is 7.08. The summed E-state index contributed by atoms with van der Waals surface area (Å²) in [7, 11) is 0. The fourth-order valence-corrected chi connectivity index (χ4v) is 1.36. The summed E-state index contributed by atoms with van der Waals surface area (Å²) in [6, 6.07) is 0. The van der Waals surface area contributed by atoms with Gasteiger partial charge in [0.05, 0.1) is 13.2 Å². The Morgan fingerprint density at radius 2 is 2.40 bits per heavy atom. The summed E-state index contributed by atoms with van der Waals surface area (Å²) in [5, 5.41) is 0. The molecule has 0 bridgehead atoms. The quantitative estimate of drug-likeness (QED) is 0.660. The molecular weight excluding hydrogens is 198 g/mol. The molecule has 1 fully saturated rings. The van der Waals surface area contributed by atoms with Crippen molar-refractivity contribution in [2.45, 2.75) is 31.9 Å². The van der Waals surface area contributed by atoms with Crippen molar-refractivity contribution in [3.63, 3.8) is 0 Å². The van der Waals surface area contributed by atoms with Crippen LogP contribution in [0.25, 0.3) is 0 Å². The van der Waals surface area contributed by atoms with Gasteiger partial charge >= 0.3 is 5.97 Å². The fraction of sp³-hybridized carbons (Fsp3) is 0.900. The van der Waals surface area contributed by atoms with Gasteiger partial charge in [0.15, 0.2) is 0 Å². The SMILES string of the molecule is CCOCC(C)OC(=O)C1(N)CCOC1. The Morgan fingerprint density at radius 3 is 2.93 bits per heavy atom. The van der Waals surface area contributed by atoms with Gasteiger partial charge in [0.2, 0.25) is 0 Å². The van der Waals surface area contributed by atoms with Gasteiger partial charge in [0.1, 0.15) is 11.6 Å². The smallest absolute Gasteiger partial charge is 0.328 e. The van der Waals surface area contributed by atoms with Gasteiger partial charge in [-0.1, -0.05) is 0 Å². The van der Waals surface area contributed by atoms with Crippen molar-refractivity contribution < 1.29 is 19.0 Å². The monoisotopic (exact) mass is 217 g/mol. The molecule has 0 saturated carbocycles. The lowest BCUT2D eigenvalue weighted by Crippen LogP contribution is -2.50. The van der Waals surface area contributed by atoms with E-state index in [2.05, 4.69) is 0 Å². The Balaban J connectivity index is 2.34. The number of esters is 1. The maximum atomic E-state index is 11.7. The van der Waals surface area contributed by atoms with Gasteiger partial charge in [-0.2, -0.15) is 0 Å². The second-order valence-corrected chi connectivity index (χ2v) is 3.83. The van der Waals surface area contributed by atoms with Gasteiger partial charge in [-0.15, -0.1) is 0 Å². The predicted octanol–water partition coefficient (Wildman–Crippen LogP) is 0.0724. The van der Waals surface area contributed by atoms with E-state index in [0.29, 0.717) is 26.2 Å². The lowest BCUT2D eigenvalue weighted by Gasteiger charge is -2.22. The molecule has 1 aliphatic rings. The average Bonchev–Trinajstić information content (AvgIpc) is 2.63. The number of hydrogen-bond donors (Lipinski definition) is 1. The second kappa shape index (κ2) is 5.44. The van der Waals surface area contributed by atoms with E-state index in [-0.39, 0.29) is 12.7 Å². The number of ether oxygens (including phenoxy) is 3. The predicted molar refractivity (Wildman–Crippen MR) is 54.4 cm³/mol. The van der Waals surface area contributed by atoms with E-state index in [1.807, 2.05) is 6.92 Å². The maximum absolute atomic E-state index is 11.7. The standard InChI is InChI=1S/C10H19NO4/c1-3-13-6-8(2)15-9(12)10(11)4-5-14-7-10/h8H,3-7,11H2,1-2H3.